The van der Waals surface area contributed by atoms with Crippen LogP contribution in [0.1, 0.15) is 58.6 Å². The topological polar surface area (TPSA) is 45.6 Å². The lowest BCUT2D eigenvalue weighted by atomic mass is 10.2. The first-order valence-corrected chi connectivity index (χ1v) is 9.17. The van der Waals surface area contributed by atoms with Gasteiger partial charge < -0.3 is 14.4 Å². The van der Waals surface area contributed by atoms with E-state index < -0.39 is 0 Å². The zero-order valence-corrected chi connectivity index (χ0v) is 15.5. The summed E-state index contributed by atoms with van der Waals surface area (Å²) in [6, 6.07) is 4.50. The molecule has 1 aliphatic rings. The summed E-state index contributed by atoms with van der Waals surface area (Å²) in [6.07, 6.45) is 6.34. The first-order chi connectivity index (χ1) is 11.5. The predicted molar refractivity (Wildman–Crippen MR) is 95.4 cm³/mol. The molecule has 0 saturated heterocycles. The third kappa shape index (κ3) is 4.62. The molecule has 1 aliphatic carbocycles. The number of carbonyl (C=O) groups excluding carboxylic acids is 2. The summed E-state index contributed by atoms with van der Waals surface area (Å²) >= 11 is 0. The van der Waals surface area contributed by atoms with Gasteiger partial charge in [-0.3, -0.25) is 9.59 Å². The molecule has 0 aromatic carbocycles. The van der Waals surface area contributed by atoms with Crippen molar-refractivity contribution in [2.45, 2.75) is 71.5 Å². The SMILES string of the molecule is CCCC(=O)N(CC(=O)N(Cc1cccn1C)C1CC1)C(C)CC. The van der Waals surface area contributed by atoms with Crippen LogP contribution in [0.15, 0.2) is 18.3 Å². The molecular formula is C19H31N3O2. The van der Waals surface area contributed by atoms with Gasteiger partial charge in [0.1, 0.15) is 6.54 Å². The monoisotopic (exact) mass is 333 g/mol. The molecule has 5 heteroatoms. The molecule has 2 rings (SSSR count). The third-order valence-corrected chi connectivity index (χ3v) is 4.90. The molecular weight excluding hydrogens is 302 g/mol. The number of aromatic nitrogens is 1. The highest BCUT2D eigenvalue weighted by Crippen LogP contribution is 2.29. The number of aryl methyl sites for hydroxylation is 1. The highest BCUT2D eigenvalue weighted by Gasteiger charge is 2.34. The molecule has 134 valence electrons. The van der Waals surface area contributed by atoms with Gasteiger partial charge in [-0.25, -0.2) is 0 Å². The number of hydrogen-bond acceptors (Lipinski definition) is 2. The zero-order valence-electron chi connectivity index (χ0n) is 15.5. The number of amides is 2. The van der Waals surface area contributed by atoms with E-state index in [0.717, 1.165) is 31.4 Å². The molecule has 0 spiro atoms. The summed E-state index contributed by atoms with van der Waals surface area (Å²) in [4.78, 5) is 29.1. The maximum atomic E-state index is 12.9. The number of rotatable bonds is 9. The largest absolute Gasteiger partial charge is 0.353 e. The van der Waals surface area contributed by atoms with Crippen LogP contribution in [0.5, 0.6) is 0 Å². The van der Waals surface area contributed by atoms with Crippen molar-refractivity contribution in [3.8, 4) is 0 Å². The van der Waals surface area contributed by atoms with E-state index in [-0.39, 0.29) is 24.4 Å². The average molecular weight is 333 g/mol. The molecule has 0 bridgehead atoms. The van der Waals surface area contributed by atoms with Crippen LogP contribution in [0.2, 0.25) is 0 Å². The van der Waals surface area contributed by atoms with E-state index in [4.69, 9.17) is 0 Å². The highest BCUT2D eigenvalue weighted by molar-refractivity contribution is 5.85. The van der Waals surface area contributed by atoms with Crippen molar-refractivity contribution in [1.82, 2.24) is 14.4 Å². The molecule has 1 unspecified atom stereocenters. The minimum Gasteiger partial charge on any atom is -0.353 e. The standard InChI is InChI=1S/C19H31N3O2/c1-5-8-18(23)21(15(3)6-2)14-19(24)22(16-10-11-16)13-17-9-7-12-20(17)4/h7,9,12,15-16H,5-6,8,10-11,13-14H2,1-4H3. The summed E-state index contributed by atoms with van der Waals surface area (Å²) < 4.78 is 2.05. The van der Waals surface area contributed by atoms with E-state index in [1.54, 1.807) is 4.90 Å². The van der Waals surface area contributed by atoms with Gasteiger partial charge in [0.25, 0.3) is 0 Å². The van der Waals surface area contributed by atoms with Gasteiger partial charge in [0.05, 0.1) is 6.54 Å². The average Bonchev–Trinajstić information content (AvgIpc) is 3.32. The molecule has 2 amide bonds. The third-order valence-electron chi connectivity index (χ3n) is 4.90. The molecule has 1 fully saturated rings. The zero-order chi connectivity index (χ0) is 17.7. The van der Waals surface area contributed by atoms with Crippen LogP contribution >= 0.6 is 0 Å². The summed E-state index contributed by atoms with van der Waals surface area (Å²) in [7, 11) is 2.00. The molecule has 0 aliphatic heterocycles. The Hall–Kier alpha value is -1.78. The normalized spacial score (nSPS) is 15.2. The van der Waals surface area contributed by atoms with Gasteiger partial charge in [0.2, 0.25) is 11.8 Å². The maximum absolute atomic E-state index is 12.9. The van der Waals surface area contributed by atoms with Gasteiger partial charge in [0, 0.05) is 37.4 Å². The van der Waals surface area contributed by atoms with Crippen LogP contribution in [-0.4, -0.2) is 44.8 Å². The summed E-state index contributed by atoms with van der Waals surface area (Å²) in [5.41, 5.74) is 1.13. The minimum atomic E-state index is 0.0726. The minimum absolute atomic E-state index is 0.0726. The van der Waals surface area contributed by atoms with Crippen molar-refractivity contribution in [3.05, 3.63) is 24.0 Å². The van der Waals surface area contributed by atoms with Crippen molar-refractivity contribution in [2.75, 3.05) is 6.54 Å². The Morgan fingerprint density at radius 1 is 1.29 bits per heavy atom. The van der Waals surface area contributed by atoms with E-state index in [0.29, 0.717) is 19.0 Å². The van der Waals surface area contributed by atoms with E-state index in [2.05, 4.69) is 17.6 Å². The van der Waals surface area contributed by atoms with Crippen molar-refractivity contribution in [1.29, 1.82) is 0 Å². The van der Waals surface area contributed by atoms with Crippen molar-refractivity contribution < 1.29 is 9.59 Å². The second kappa shape index (κ2) is 8.36. The van der Waals surface area contributed by atoms with Gasteiger partial charge in [-0.15, -0.1) is 0 Å². The first-order valence-electron chi connectivity index (χ1n) is 9.17. The molecule has 1 aromatic rings. The maximum Gasteiger partial charge on any atom is 0.242 e. The van der Waals surface area contributed by atoms with Crippen LogP contribution in [0.3, 0.4) is 0 Å². The van der Waals surface area contributed by atoms with E-state index >= 15 is 0 Å². The van der Waals surface area contributed by atoms with Crippen LogP contribution < -0.4 is 0 Å². The van der Waals surface area contributed by atoms with Crippen molar-refractivity contribution in [2.24, 2.45) is 7.05 Å². The Morgan fingerprint density at radius 2 is 2.00 bits per heavy atom. The second-order valence-corrected chi connectivity index (χ2v) is 6.89. The van der Waals surface area contributed by atoms with E-state index in [1.165, 1.54) is 0 Å². The summed E-state index contributed by atoms with van der Waals surface area (Å²) in [5.74, 6) is 0.165. The Kier molecular flexibility index (Phi) is 6.46. The predicted octanol–water partition coefficient (Wildman–Crippen LogP) is 2.94. The van der Waals surface area contributed by atoms with Crippen LogP contribution in [0.4, 0.5) is 0 Å². The fourth-order valence-electron chi connectivity index (χ4n) is 2.95. The Morgan fingerprint density at radius 3 is 2.50 bits per heavy atom. The van der Waals surface area contributed by atoms with Gasteiger partial charge >= 0.3 is 0 Å². The van der Waals surface area contributed by atoms with Gasteiger partial charge in [-0.05, 0) is 44.7 Å². The number of carbonyl (C=O) groups is 2. The number of hydrogen-bond donors (Lipinski definition) is 0. The fourth-order valence-corrected chi connectivity index (χ4v) is 2.95. The molecule has 1 saturated carbocycles. The van der Waals surface area contributed by atoms with Gasteiger partial charge in [-0.2, -0.15) is 0 Å². The van der Waals surface area contributed by atoms with E-state index in [1.807, 2.05) is 38.1 Å². The Bertz CT molecular complexity index is 563. The first kappa shape index (κ1) is 18.6. The molecule has 1 aromatic heterocycles. The Labute approximate surface area is 145 Å². The number of nitrogens with zero attached hydrogens (tertiary/aromatic N) is 3. The smallest absolute Gasteiger partial charge is 0.242 e. The molecule has 1 heterocycles. The lowest BCUT2D eigenvalue weighted by molar-refractivity contribution is -0.143. The lowest BCUT2D eigenvalue weighted by Gasteiger charge is -2.31. The molecule has 1 atom stereocenters. The summed E-state index contributed by atoms with van der Waals surface area (Å²) in [5, 5.41) is 0. The van der Waals surface area contributed by atoms with Crippen LogP contribution in [0, 0.1) is 0 Å². The molecule has 0 radical (unpaired) electrons. The van der Waals surface area contributed by atoms with Crippen LogP contribution in [-0.2, 0) is 23.2 Å². The van der Waals surface area contributed by atoms with E-state index in [9.17, 15) is 9.59 Å². The van der Waals surface area contributed by atoms with Crippen LogP contribution in [0.25, 0.3) is 0 Å². The lowest BCUT2D eigenvalue weighted by Crippen LogP contribution is -2.47. The quantitative estimate of drug-likeness (QED) is 0.697. The molecule has 0 N–H and O–H groups in total. The molecule has 24 heavy (non-hydrogen) atoms. The Balaban J connectivity index is 2.07. The second-order valence-electron chi connectivity index (χ2n) is 6.89. The van der Waals surface area contributed by atoms with Crippen molar-refractivity contribution >= 4 is 11.8 Å². The van der Waals surface area contributed by atoms with Gasteiger partial charge in [0.15, 0.2) is 0 Å². The highest BCUT2D eigenvalue weighted by atomic mass is 16.2. The van der Waals surface area contributed by atoms with Gasteiger partial charge in [-0.1, -0.05) is 13.8 Å². The fraction of sp³-hybridized carbons (Fsp3) is 0.684. The molecule has 5 nitrogen and oxygen atoms in total. The summed E-state index contributed by atoms with van der Waals surface area (Å²) in [6.45, 7) is 6.92. The van der Waals surface area contributed by atoms with Crippen molar-refractivity contribution in [3.63, 3.8) is 0 Å².